The van der Waals surface area contributed by atoms with Gasteiger partial charge in [-0.05, 0) is 26.2 Å². The normalized spacial score (nSPS) is 32.5. The van der Waals surface area contributed by atoms with Crippen molar-refractivity contribution in [2.75, 3.05) is 6.54 Å². The van der Waals surface area contributed by atoms with Crippen LogP contribution in [0.2, 0.25) is 0 Å². The monoisotopic (exact) mass is 314 g/mol. The van der Waals surface area contributed by atoms with Gasteiger partial charge in [-0.1, -0.05) is 25.5 Å². The maximum Gasteiger partial charge on any atom is 0.418 e. The maximum absolute atomic E-state index is 13.3. The fourth-order valence-electron chi connectivity index (χ4n) is 3.41. The van der Waals surface area contributed by atoms with Crippen LogP contribution in [0.4, 0.5) is 13.2 Å². The largest absolute Gasteiger partial charge is 0.418 e. The zero-order valence-corrected chi connectivity index (χ0v) is 12.8. The molecule has 1 aliphatic carbocycles. The summed E-state index contributed by atoms with van der Waals surface area (Å²) in [5.74, 6) is -0.743. The molecule has 0 amide bonds. The first-order valence-electron chi connectivity index (χ1n) is 7.61. The highest BCUT2D eigenvalue weighted by Gasteiger charge is 2.47. The van der Waals surface area contributed by atoms with Gasteiger partial charge < -0.3 is 10.0 Å². The van der Waals surface area contributed by atoms with E-state index < -0.39 is 23.3 Å². The van der Waals surface area contributed by atoms with Gasteiger partial charge in [0.15, 0.2) is 0 Å². The number of likely N-dealkylation sites (tertiary alicyclic amines) is 1. The Kier molecular flexibility index (Phi) is 4.57. The second kappa shape index (κ2) is 5.96. The van der Waals surface area contributed by atoms with E-state index in [-0.39, 0.29) is 18.2 Å². The van der Waals surface area contributed by atoms with Crippen molar-refractivity contribution in [1.29, 1.82) is 5.26 Å². The van der Waals surface area contributed by atoms with Crippen molar-refractivity contribution in [2.24, 2.45) is 5.92 Å². The van der Waals surface area contributed by atoms with E-state index in [1.807, 2.05) is 13.0 Å². The molecule has 22 heavy (non-hydrogen) atoms. The van der Waals surface area contributed by atoms with Gasteiger partial charge in [0.1, 0.15) is 0 Å². The molecule has 1 N–H and O–H groups in total. The van der Waals surface area contributed by atoms with Crippen LogP contribution in [0.5, 0.6) is 0 Å². The van der Waals surface area contributed by atoms with E-state index in [4.69, 9.17) is 5.26 Å². The number of nitrogens with zero attached hydrogens (tertiary/aromatic N) is 2. The number of allylic oxidation sites excluding steroid dienone is 3. The molecule has 1 saturated heterocycles. The number of aliphatic hydroxyl groups is 1. The quantitative estimate of drug-likeness (QED) is 0.867. The van der Waals surface area contributed by atoms with Crippen LogP contribution < -0.4 is 0 Å². The molecule has 1 fully saturated rings. The van der Waals surface area contributed by atoms with E-state index in [1.165, 1.54) is 6.08 Å². The van der Waals surface area contributed by atoms with Crippen LogP contribution >= 0.6 is 0 Å². The lowest BCUT2D eigenvalue weighted by atomic mass is 9.89. The standard InChI is InChI=1S/C16H21F3N2O/c1-3-6-15(22)7-8-21(11(15)2)14-5-4-12(10-20)9-13(14)16(17,18)19/h5,9,11-12,22H,3-4,6-8H2,1-2H3/t11-,12?,15-/m0/s1. The van der Waals surface area contributed by atoms with Gasteiger partial charge in [0.25, 0.3) is 0 Å². The molecule has 0 aromatic carbocycles. The Labute approximate surface area is 128 Å². The molecule has 3 atom stereocenters. The lowest BCUT2D eigenvalue weighted by molar-refractivity contribution is -0.0930. The fraction of sp³-hybridized carbons (Fsp3) is 0.688. The van der Waals surface area contributed by atoms with E-state index in [2.05, 4.69) is 0 Å². The zero-order chi connectivity index (χ0) is 16.5. The van der Waals surface area contributed by atoms with Crippen molar-refractivity contribution in [3.05, 3.63) is 23.4 Å². The topological polar surface area (TPSA) is 47.3 Å². The first kappa shape index (κ1) is 16.9. The molecule has 1 unspecified atom stereocenters. The van der Waals surface area contributed by atoms with Gasteiger partial charge in [0.2, 0.25) is 0 Å². The van der Waals surface area contributed by atoms with E-state index >= 15 is 0 Å². The first-order valence-corrected chi connectivity index (χ1v) is 7.61. The summed E-state index contributed by atoms with van der Waals surface area (Å²) in [6.45, 7) is 4.12. The molecular weight excluding hydrogens is 293 g/mol. The summed E-state index contributed by atoms with van der Waals surface area (Å²) in [7, 11) is 0. The molecular formula is C16H21F3N2O. The highest BCUT2D eigenvalue weighted by atomic mass is 19.4. The molecule has 0 radical (unpaired) electrons. The number of halogens is 3. The SMILES string of the molecule is CCC[C@]1(O)CCN(C2=CCC(C#N)C=C2C(F)(F)F)[C@H]1C. The molecule has 6 heteroatoms. The van der Waals surface area contributed by atoms with E-state index in [9.17, 15) is 18.3 Å². The predicted molar refractivity (Wildman–Crippen MR) is 76.6 cm³/mol. The Balaban J connectivity index is 2.31. The van der Waals surface area contributed by atoms with E-state index in [0.29, 0.717) is 19.4 Å². The van der Waals surface area contributed by atoms with Gasteiger partial charge in [0.05, 0.1) is 29.2 Å². The van der Waals surface area contributed by atoms with Crippen LogP contribution in [0.15, 0.2) is 23.4 Å². The summed E-state index contributed by atoms with van der Waals surface area (Å²) in [6.07, 6.45) is 0.111. The molecule has 1 heterocycles. The summed E-state index contributed by atoms with van der Waals surface area (Å²) in [4.78, 5) is 1.64. The van der Waals surface area contributed by atoms with Crippen molar-refractivity contribution in [1.82, 2.24) is 4.90 Å². The summed E-state index contributed by atoms with van der Waals surface area (Å²) in [5.41, 5.74) is -1.59. The summed E-state index contributed by atoms with van der Waals surface area (Å²) >= 11 is 0. The summed E-state index contributed by atoms with van der Waals surface area (Å²) < 4.78 is 39.9. The van der Waals surface area contributed by atoms with Crippen LogP contribution in [0.1, 0.15) is 39.5 Å². The predicted octanol–water partition coefficient (Wildman–Crippen LogP) is 3.53. The lowest BCUT2D eigenvalue weighted by Gasteiger charge is -2.36. The smallest absolute Gasteiger partial charge is 0.388 e. The number of alkyl halides is 3. The molecule has 122 valence electrons. The van der Waals surface area contributed by atoms with Gasteiger partial charge in [0, 0.05) is 12.2 Å². The maximum atomic E-state index is 13.3. The molecule has 0 aromatic heterocycles. The minimum atomic E-state index is -4.49. The van der Waals surface area contributed by atoms with Crippen molar-refractivity contribution in [3.63, 3.8) is 0 Å². The molecule has 2 aliphatic rings. The second-order valence-electron chi connectivity index (χ2n) is 6.11. The minimum Gasteiger partial charge on any atom is -0.388 e. The van der Waals surface area contributed by atoms with E-state index in [0.717, 1.165) is 12.5 Å². The molecule has 0 aromatic rings. The highest BCUT2D eigenvalue weighted by molar-refractivity contribution is 5.40. The number of hydrogen-bond acceptors (Lipinski definition) is 3. The van der Waals surface area contributed by atoms with Gasteiger partial charge in [-0.25, -0.2) is 0 Å². The zero-order valence-electron chi connectivity index (χ0n) is 12.8. The van der Waals surface area contributed by atoms with Crippen molar-refractivity contribution in [3.8, 4) is 6.07 Å². The van der Waals surface area contributed by atoms with Crippen LogP contribution in [0.25, 0.3) is 0 Å². The van der Waals surface area contributed by atoms with Crippen LogP contribution in [-0.4, -0.2) is 34.4 Å². The first-order chi connectivity index (χ1) is 10.2. The lowest BCUT2D eigenvalue weighted by Crippen LogP contribution is -2.43. The Morgan fingerprint density at radius 2 is 2.18 bits per heavy atom. The molecule has 3 nitrogen and oxygen atoms in total. The fourth-order valence-corrected chi connectivity index (χ4v) is 3.41. The Hall–Kier alpha value is -1.48. The highest BCUT2D eigenvalue weighted by Crippen LogP contribution is 2.42. The van der Waals surface area contributed by atoms with E-state index in [1.54, 1.807) is 11.8 Å². The van der Waals surface area contributed by atoms with Gasteiger partial charge >= 0.3 is 6.18 Å². The summed E-state index contributed by atoms with van der Waals surface area (Å²) in [6, 6.07) is 1.50. The summed E-state index contributed by atoms with van der Waals surface area (Å²) in [5, 5.41) is 19.5. The molecule has 1 aliphatic heterocycles. The average molecular weight is 314 g/mol. The average Bonchev–Trinajstić information content (AvgIpc) is 2.74. The van der Waals surface area contributed by atoms with Crippen molar-refractivity contribution >= 4 is 0 Å². The third kappa shape index (κ3) is 3.00. The number of hydrogen-bond donors (Lipinski definition) is 1. The van der Waals surface area contributed by atoms with Crippen molar-refractivity contribution < 1.29 is 18.3 Å². The third-order valence-corrected chi connectivity index (χ3v) is 4.70. The molecule has 0 spiro atoms. The number of rotatable bonds is 3. The molecule has 0 saturated carbocycles. The van der Waals surface area contributed by atoms with Gasteiger partial charge in [-0.3, -0.25) is 0 Å². The second-order valence-corrected chi connectivity index (χ2v) is 6.11. The molecule has 0 bridgehead atoms. The van der Waals surface area contributed by atoms with Crippen molar-refractivity contribution in [2.45, 2.75) is 57.3 Å². The van der Waals surface area contributed by atoms with Gasteiger partial charge in [-0.2, -0.15) is 18.4 Å². The number of nitriles is 1. The van der Waals surface area contributed by atoms with Gasteiger partial charge in [-0.15, -0.1) is 0 Å². The Morgan fingerprint density at radius 1 is 1.50 bits per heavy atom. The van der Waals surface area contributed by atoms with Crippen LogP contribution in [0.3, 0.4) is 0 Å². The van der Waals surface area contributed by atoms with Crippen LogP contribution in [0, 0.1) is 17.2 Å². The Bertz CT molecular complexity index is 532. The minimum absolute atomic E-state index is 0.110. The Morgan fingerprint density at radius 3 is 2.73 bits per heavy atom. The van der Waals surface area contributed by atoms with Crippen LogP contribution in [-0.2, 0) is 0 Å². The molecule has 2 rings (SSSR count). The third-order valence-electron chi connectivity index (χ3n) is 4.70.